The fourth-order valence-electron chi connectivity index (χ4n) is 2.86. The van der Waals surface area contributed by atoms with Gasteiger partial charge in [0.2, 0.25) is 0 Å². The third-order valence-corrected chi connectivity index (χ3v) is 7.04. The number of carbonyl (C=O) groups is 1. The normalized spacial score (nSPS) is 17.9. The van der Waals surface area contributed by atoms with Gasteiger partial charge in [0.05, 0.1) is 15.7 Å². The molecule has 1 aromatic heterocycles. The number of rotatable bonds is 4. The van der Waals surface area contributed by atoms with Gasteiger partial charge in [-0.05, 0) is 36.9 Å². The van der Waals surface area contributed by atoms with E-state index < -0.39 is 15.1 Å². The lowest BCUT2D eigenvalue weighted by atomic mass is 10.2. The minimum Gasteiger partial charge on any atom is -0.337 e. The van der Waals surface area contributed by atoms with E-state index in [4.69, 9.17) is 0 Å². The fourth-order valence-corrected chi connectivity index (χ4v) is 5.11. The Labute approximate surface area is 146 Å². The first-order valence-corrected chi connectivity index (χ1v) is 10.4. The van der Waals surface area contributed by atoms with Crippen LogP contribution in [0, 0.1) is 0 Å². The lowest BCUT2D eigenvalue weighted by Crippen LogP contribution is -2.32. The maximum atomic E-state index is 12.7. The largest absolute Gasteiger partial charge is 0.337 e. The molecule has 7 heteroatoms. The molecule has 2 aromatic rings. The smallest absolute Gasteiger partial charge is 0.256 e. The Morgan fingerprint density at radius 2 is 1.96 bits per heavy atom. The van der Waals surface area contributed by atoms with Crippen LogP contribution in [0.25, 0.3) is 0 Å². The van der Waals surface area contributed by atoms with Crippen molar-refractivity contribution < 1.29 is 13.2 Å². The molecule has 2 heterocycles. The third-order valence-electron chi connectivity index (χ3n) is 4.14. The molecule has 0 saturated carbocycles. The molecule has 1 aromatic carbocycles. The van der Waals surface area contributed by atoms with Gasteiger partial charge in [-0.25, -0.2) is 13.4 Å². The lowest BCUT2D eigenvalue weighted by Gasteiger charge is -2.18. The van der Waals surface area contributed by atoms with Crippen molar-refractivity contribution in [3.8, 4) is 0 Å². The second-order valence-electron chi connectivity index (χ2n) is 5.58. The summed E-state index contributed by atoms with van der Waals surface area (Å²) in [6, 6.07) is 11.9. The van der Waals surface area contributed by atoms with E-state index in [0.717, 1.165) is 0 Å². The van der Waals surface area contributed by atoms with Crippen molar-refractivity contribution in [2.75, 3.05) is 19.3 Å². The summed E-state index contributed by atoms with van der Waals surface area (Å²) >= 11 is 1.41. The highest BCUT2D eigenvalue weighted by atomic mass is 32.2. The molecule has 1 saturated heterocycles. The van der Waals surface area contributed by atoms with Crippen LogP contribution in [0.15, 0.2) is 58.6 Å². The molecule has 1 unspecified atom stereocenters. The van der Waals surface area contributed by atoms with Gasteiger partial charge in [-0.15, -0.1) is 11.8 Å². The van der Waals surface area contributed by atoms with E-state index in [9.17, 15) is 13.2 Å². The summed E-state index contributed by atoms with van der Waals surface area (Å²) in [5, 5.41) is 0.107. The number of likely N-dealkylation sites (tertiary alicyclic amines) is 1. The first-order chi connectivity index (χ1) is 11.5. The summed E-state index contributed by atoms with van der Waals surface area (Å²) in [4.78, 5) is 18.8. The number of amides is 1. The van der Waals surface area contributed by atoms with Gasteiger partial charge >= 0.3 is 0 Å². The molecule has 0 N–H and O–H groups in total. The van der Waals surface area contributed by atoms with Crippen LogP contribution in [0.5, 0.6) is 0 Å². The van der Waals surface area contributed by atoms with E-state index in [-0.39, 0.29) is 12.5 Å². The highest BCUT2D eigenvalue weighted by Crippen LogP contribution is 2.26. The first kappa shape index (κ1) is 17.0. The van der Waals surface area contributed by atoms with Crippen LogP contribution < -0.4 is 0 Å². The maximum Gasteiger partial charge on any atom is 0.256 e. The molecule has 0 bridgehead atoms. The zero-order chi connectivity index (χ0) is 17.2. The van der Waals surface area contributed by atoms with Gasteiger partial charge in [-0.3, -0.25) is 4.79 Å². The van der Waals surface area contributed by atoms with E-state index in [1.165, 1.54) is 11.8 Å². The monoisotopic (exact) mass is 362 g/mol. The summed E-state index contributed by atoms with van der Waals surface area (Å²) < 4.78 is 25.4. The first-order valence-electron chi connectivity index (χ1n) is 7.61. The number of carbonyl (C=O) groups excluding carboxylic acids is 1. The number of nitrogens with zero attached hydrogens (tertiary/aromatic N) is 2. The van der Waals surface area contributed by atoms with Crippen LogP contribution in [-0.4, -0.2) is 48.8 Å². The van der Waals surface area contributed by atoms with Crippen LogP contribution in [0.3, 0.4) is 0 Å². The number of pyridine rings is 1. The summed E-state index contributed by atoms with van der Waals surface area (Å²) in [7, 11) is -3.42. The maximum absolute atomic E-state index is 12.7. The number of aromatic nitrogens is 1. The van der Waals surface area contributed by atoms with Crippen molar-refractivity contribution in [2.45, 2.75) is 21.6 Å². The number of thioether (sulfide) groups is 1. The highest BCUT2D eigenvalue weighted by Gasteiger charge is 2.36. The Balaban J connectivity index is 1.79. The van der Waals surface area contributed by atoms with Crippen molar-refractivity contribution in [1.29, 1.82) is 0 Å². The number of sulfone groups is 1. The summed E-state index contributed by atoms with van der Waals surface area (Å²) in [5.41, 5.74) is 0.530. The Bertz CT molecular complexity index is 838. The summed E-state index contributed by atoms with van der Waals surface area (Å²) in [5.74, 6) is -0.154. The standard InChI is InChI=1S/C17H18N2O3S2/c1-23-16-15(8-5-10-18-16)17(20)19-11-9-14(12-19)24(21,22)13-6-3-2-4-7-13/h2-8,10,14H,9,11-12H2,1H3. The van der Waals surface area contributed by atoms with E-state index in [2.05, 4.69) is 4.98 Å². The average molecular weight is 362 g/mol. The molecule has 0 spiro atoms. The molecule has 3 rings (SSSR count). The minimum atomic E-state index is -3.42. The highest BCUT2D eigenvalue weighted by molar-refractivity contribution is 7.98. The third kappa shape index (κ3) is 3.18. The predicted molar refractivity (Wildman–Crippen MR) is 94.0 cm³/mol. The van der Waals surface area contributed by atoms with Crippen molar-refractivity contribution >= 4 is 27.5 Å². The van der Waals surface area contributed by atoms with Crippen LogP contribution in [-0.2, 0) is 9.84 Å². The van der Waals surface area contributed by atoms with E-state index in [1.807, 2.05) is 6.26 Å². The van der Waals surface area contributed by atoms with Gasteiger partial charge in [-0.2, -0.15) is 0 Å². The summed E-state index contributed by atoms with van der Waals surface area (Å²) in [6.45, 7) is 0.664. The second-order valence-corrected chi connectivity index (χ2v) is 8.60. The van der Waals surface area contributed by atoms with E-state index in [1.54, 1.807) is 53.6 Å². The molecule has 5 nitrogen and oxygen atoms in total. The Morgan fingerprint density at radius 3 is 2.67 bits per heavy atom. The minimum absolute atomic E-state index is 0.154. The molecule has 1 aliphatic heterocycles. The molecule has 126 valence electrons. The molecule has 1 amide bonds. The predicted octanol–water partition coefficient (Wildman–Crippen LogP) is 2.49. The second kappa shape index (κ2) is 6.94. The van der Waals surface area contributed by atoms with Crippen molar-refractivity contribution in [1.82, 2.24) is 9.88 Å². The molecular weight excluding hydrogens is 344 g/mol. The Morgan fingerprint density at radius 1 is 1.21 bits per heavy atom. The Hall–Kier alpha value is -1.86. The summed E-state index contributed by atoms with van der Waals surface area (Å²) in [6.07, 6.45) is 3.97. The van der Waals surface area contributed by atoms with Gasteiger partial charge < -0.3 is 4.90 Å². The molecule has 0 radical (unpaired) electrons. The Kier molecular flexibility index (Phi) is 4.91. The molecule has 1 aliphatic rings. The topological polar surface area (TPSA) is 67.3 Å². The van der Waals surface area contributed by atoms with Gasteiger partial charge in [0.25, 0.3) is 5.91 Å². The van der Waals surface area contributed by atoms with Gasteiger partial charge in [-0.1, -0.05) is 18.2 Å². The van der Waals surface area contributed by atoms with Gasteiger partial charge in [0.15, 0.2) is 9.84 Å². The van der Waals surface area contributed by atoms with Gasteiger partial charge in [0.1, 0.15) is 5.03 Å². The number of hydrogen-bond donors (Lipinski definition) is 0. The molecule has 24 heavy (non-hydrogen) atoms. The molecule has 1 fully saturated rings. The van der Waals surface area contributed by atoms with Crippen molar-refractivity contribution in [2.24, 2.45) is 0 Å². The number of benzene rings is 1. The zero-order valence-corrected chi connectivity index (χ0v) is 14.9. The van der Waals surface area contributed by atoms with Crippen LogP contribution in [0.2, 0.25) is 0 Å². The zero-order valence-electron chi connectivity index (χ0n) is 13.3. The van der Waals surface area contributed by atoms with Crippen molar-refractivity contribution in [3.05, 3.63) is 54.2 Å². The van der Waals surface area contributed by atoms with Crippen LogP contribution in [0.1, 0.15) is 16.8 Å². The van der Waals surface area contributed by atoms with E-state index in [0.29, 0.717) is 28.5 Å². The van der Waals surface area contributed by atoms with Crippen molar-refractivity contribution in [3.63, 3.8) is 0 Å². The average Bonchev–Trinajstić information content (AvgIpc) is 3.13. The number of hydrogen-bond acceptors (Lipinski definition) is 5. The SMILES string of the molecule is CSc1ncccc1C(=O)N1CCC(S(=O)(=O)c2ccccc2)C1. The molecular formula is C17H18N2O3S2. The van der Waals surface area contributed by atoms with E-state index >= 15 is 0 Å². The lowest BCUT2D eigenvalue weighted by molar-refractivity contribution is 0.0789. The fraction of sp³-hybridized carbons (Fsp3) is 0.294. The van der Waals surface area contributed by atoms with Crippen LogP contribution in [0.4, 0.5) is 0 Å². The molecule has 0 aliphatic carbocycles. The van der Waals surface area contributed by atoms with Crippen LogP contribution >= 0.6 is 11.8 Å². The van der Waals surface area contributed by atoms with Gasteiger partial charge in [0, 0.05) is 19.3 Å². The quantitative estimate of drug-likeness (QED) is 0.782. The molecule has 1 atom stereocenters.